The molecule has 1 aromatic heterocycles. The maximum Gasteiger partial charge on any atom is 0.378 e. The first-order valence-electron chi connectivity index (χ1n) is 6.46. The third-order valence-corrected chi connectivity index (χ3v) is 3.69. The van der Waals surface area contributed by atoms with E-state index in [4.69, 9.17) is 16.4 Å². The highest BCUT2D eigenvalue weighted by Crippen LogP contribution is 2.15. The van der Waals surface area contributed by atoms with E-state index in [1.165, 1.54) is 28.9 Å². The number of carbonyl (C=O) groups excluding carboxylic acids is 1. The number of benzene rings is 1. The fourth-order valence-electron chi connectivity index (χ4n) is 1.78. The van der Waals surface area contributed by atoms with Crippen molar-refractivity contribution < 1.29 is 17.9 Å². The number of esters is 1. The van der Waals surface area contributed by atoms with E-state index in [0.29, 0.717) is 5.69 Å². The first-order chi connectivity index (χ1) is 10.9. The molecule has 9 nitrogen and oxygen atoms in total. The smallest absolute Gasteiger partial charge is 0.378 e. The standard InChI is InChI=1S/C13H13N5O4S/c1-3-22-13(19)12-16-11(8-15-2)18(17-12)9-4-6-10(7-5-9)23(14,20)21/h4-7H,3,8H2,1H3,(H2,14,20,21). The van der Waals surface area contributed by atoms with Crippen LogP contribution in [0.5, 0.6) is 0 Å². The van der Waals surface area contributed by atoms with Crippen molar-refractivity contribution in [2.24, 2.45) is 5.14 Å². The first kappa shape index (κ1) is 16.6. The lowest BCUT2D eigenvalue weighted by Crippen LogP contribution is -2.12. The van der Waals surface area contributed by atoms with Crippen LogP contribution in [0.2, 0.25) is 0 Å². The molecular formula is C13H13N5O4S. The fourth-order valence-corrected chi connectivity index (χ4v) is 2.30. The second-order valence-electron chi connectivity index (χ2n) is 4.34. The molecule has 2 N–H and O–H groups in total. The Kier molecular flexibility index (Phi) is 4.73. The Morgan fingerprint density at radius 1 is 1.39 bits per heavy atom. The minimum absolute atomic E-state index is 0.0567. The zero-order chi connectivity index (χ0) is 17.0. The highest BCUT2D eigenvalue weighted by Gasteiger charge is 2.20. The minimum atomic E-state index is -3.81. The summed E-state index contributed by atoms with van der Waals surface area (Å²) in [5.41, 5.74) is 0.444. The Labute approximate surface area is 132 Å². The van der Waals surface area contributed by atoms with Gasteiger partial charge >= 0.3 is 5.97 Å². The minimum Gasteiger partial charge on any atom is -0.460 e. The Morgan fingerprint density at radius 2 is 2.04 bits per heavy atom. The second kappa shape index (κ2) is 6.55. The zero-order valence-corrected chi connectivity index (χ0v) is 12.9. The summed E-state index contributed by atoms with van der Waals surface area (Å²) in [5.74, 6) is -0.619. The summed E-state index contributed by atoms with van der Waals surface area (Å²) in [6, 6.07) is 5.52. The maximum absolute atomic E-state index is 11.7. The van der Waals surface area contributed by atoms with Gasteiger partial charge in [0.25, 0.3) is 12.4 Å². The molecule has 0 unspecified atom stereocenters. The average molecular weight is 335 g/mol. The van der Waals surface area contributed by atoms with Crippen LogP contribution in [-0.2, 0) is 21.3 Å². The quantitative estimate of drug-likeness (QED) is 0.627. The number of carbonyl (C=O) groups is 1. The van der Waals surface area contributed by atoms with Gasteiger partial charge in [-0.3, -0.25) is 0 Å². The van der Waals surface area contributed by atoms with E-state index < -0.39 is 16.0 Å². The molecule has 0 radical (unpaired) electrons. The van der Waals surface area contributed by atoms with Crippen LogP contribution >= 0.6 is 0 Å². The molecule has 2 aromatic rings. The molecule has 2 rings (SSSR count). The third kappa shape index (κ3) is 3.71. The largest absolute Gasteiger partial charge is 0.460 e. The predicted molar refractivity (Wildman–Crippen MR) is 79.0 cm³/mol. The Bertz CT molecular complexity index is 865. The zero-order valence-electron chi connectivity index (χ0n) is 12.1. The SMILES string of the molecule is [C-]#[N+]Cc1nc(C(=O)OCC)nn1-c1ccc(S(N)(=O)=O)cc1. The molecule has 0 spiro atoms. The number of nitrogens with zero attached hydrogens (tertiary/aromatic N) is 4. The Morgan fingerprint density at radius 3 is 2.57 bits per heavy atom. The van der Waals surface area contributed by atoms with E-state index in [1.807, 2.05) is 0 Å². The molecule has 0 aliphatic heterocycles. The van der Waals surface area contributed by atoms with Gasteiger partial charge in [0.2, 0.25) is 15.8 Å². The summed E-state index contributed by atoms with van der Waals surface area (Å²) in [6.07, 6.45) is 0. The molecule has 0 saturated carbocycles. The third-order valence-electron chi connectivity index (χ3n) is 2.76. The number of hydrogen-bond donors (Lipinski definition) is 1. The highest BCUT2D eigenvalue weighted by molar-refractivity contribution is 7.89. The van der Waals surface area contributed by atoms with Crippen molar-refractivity contribution in [3.8, 4) is 5.69 Å². The molecular weight excluding hydrogens is 322 g/mol. The van der Waals surface area contributed by atoms with E-state index in [1.54, 1.807) is 6.92 Å². The number of rotatable bonds is 5. The molecule has 0 atom stereocenters. The molecule has 0 aliphatic rings. The molecule has 10 heteroatoms. The molecule has 0 bridgehead atoms. The molecule has 0 fully saturated rings. The molecule has 0 saturated heterocycles. The highest BCUT2D eigenvalue weighted by atomic mass is 32.2. The number of ether oxygens (including phenoxy) is 1. The number of nitrogens with two attached hydrogens (primary N) is 1. The van der Waals surface area contributed by atoms with Gasteiger partial charge in [-0.2, -0.15) is 4.98 Å². The fraction of sp³-hybridized carbons (Fsp3) is 0.231. The van der Waals surface area contributed by atoms with Gasteiger partial charge in [0.15, 0.2) is 0 Å². The van der Waals surface area contributed by atoms with Crippen LogP contribution in [0.3, 0.4) is 0 Å². The van der Waals surface area contributed by atoms with Gasteiger partial charge in [0.1, 0.15) is 0 Å². The van der Waals surface area contributed by atoms with Crippen molar-refractivity contribution in [1.29, 1.82) is 0 Å². The van der Waals surface area contributed by atoms with Crippen LogP contribution in [-0.4, -0.2) is 35.8 Å². The van der Waals surface area contributed by atoms with Crippen molar-refractivity contribution in [1.82, 2.24) is 14.8 Å². The lowest BCUT2D eigenvalue weighted by Gasteiger charge is -2.03. The summed E-state index contributed by atoms with van der Waals surface area (Å²) >= 11 is 0. The van der Waals surface area contributed by atoms with Crippen LogP contribution in [0.1, 0.15) is 23.4 Å². The van der Waals surface area contributed by atoms with Crippen LogP contribution in [0.15, 0.2) is 29.2 Å². The molecule has 23 heavy (non-hydrogen) atoms. The summed E-state index contributed by atoms with van der Waals surface area (Å²) in [7, 11) is -3.81. The molecule has 1 heterocycles. The summed E-state index contributed by atoms with van der Waals surface area (Å²) in [4.78, 5) is 18.9. The van der Waals surface area contributed by atoms with Gasteiger partial charge < -0.3 is 9.58 Å². The predicted octanol–water partition coefficient (Wildman–Crippen LogP) is 0.511. The van der Waals surface area contributed by atoms with Crippen molar-refractivity contribution in [3.63, 3.8) is 0 Å². The number of sulfonamides is 1. The van der Waals surface area contributed by atoms with Crippen molar-refractivity contribution in [2.75, 3.05) is 6.61 Å². The van der Waals surface area contributed by atoms with Gasteiger partial charge in [0, 0.05) is 0 Å². The molecule has 0 amide bonds. The van der Waals surface area contributed by atoms with E-state index in [9.17, 15) is 13.2 Å². The van der Waals surface area contributed by atoms with Gasteiger partial charge in [-0.15, -0.1) is 5.10 Å². The maximum atomic E-state index is 11.7. The second-order valence-corrected chi connectivity index (χ2v) is 5.90. The van der Waals surface area contributed by atoms with Gasteiger partial charge in [-0.25, -0.2) is 29.6 Å². The normalized spacial score (nSPS) is 11.0. The van der Waals surface area contributed by atoms with E-state index >= 15 is 0 Å². The molecule has 1 aromatic carbocycles. The molecule has 120 valence electrons. The van der Waals surface area contributed by atoms with Gasteiger partial charge in [-0.1, -0.05) is 0 Å². The monoisotopic (exact) mass is 335 g/mol. The van der Waals surface area contributed by atoms with E-state index in [2.05, 4.69) is 14.9 Å². The van der Waals surface area contributed by atoms with Crippen LogP contribution in [0, 0.1) is 6.57 Å². The lowest BCUT2D eigenvalue weighted by atomic mass is 10.3. The van der Waals surface area contributed by atoms with Crippen LogP contribution < -0.4 is 5.14 Å². The van der Waals surface area contributed by atoms with Crippen molar-refractivity contribution >= 4 is 16.0 Å². The Hall–Kier alpha value is -2.77. The summed E-state index contributed by atoms with van der Waals surface area (Å²) in [5, 5.41) is 9.05. The number of hydrogen-bond acceptors (Lipinski definition) is 6. The number of primary sulfonamides is 1. The van der Waals surface area contributed by atoms with Gasteiger partial charge in [0.05, 0.1) is 17.2 Å². The van der Waals surface area contributed by atoms with Crippen molar-refractivity contribution in [3.05, 3.63) is 47.3 Å². The summed E-state index contributed by atoms with van der Waals surface area (Å²) in [6.45, 7) is 8.68. The van der Waals surface area contributed by atoms with Crippen LogP contribution in [0.4, 0.5) is 0 Å². The number of aromatic nitrogens is 3. The Balaban J connectivity index is 2.45. The average Bonchev–Trinajstić information content (AvgIpc) is 2.91. The van der Waals surface area contributed by atoms with Gasteiger partial charge in [-0.05, 0) is 31.2 Å². The lowest BCUT2D eigenvalue weighted by molar-refractivity contribution is 0.0512. The first-order valence-corrected chi connectivity index (χ1v) is 8.01. The molecule has 0 aliphatic carbocycles. The summed E-state index contributed by atoms with van der Waals surface area (Å²) < 4.78 is 28.6. The van der Waals surface area contributed by atoms with Crippen molar-refractivity contribution in [2.45, 2.75) is 18.4 Å². The topological polar surface area (TPSA) is 122 Å². The van der Waals surface area contributed by atoms with Crippen LogP contribution in [0.25, 0.3) is 10.5 Å². The van der Waals surface area contributed by atoms with E-state index in [0.717, 1.165) is 0 Å². The van der Waals surface area contributed by atoms with E-state index in [-0.39, 0.29) is 29.7 Å².